The van der Waals surface area contributed by atoms with Crippen LogP contribution in [0.4, 0.5) is 101 Å². The van der Waals surface area contributed by atoms with E-state index in [-0.39, 0.29) is 95.1 Å². The lowest BCUT2D eigenvalue weighted by Crippen LogP contribution is -2.34. The number of carbonyl (C=O) groups is 8. The van der Waals surface area contributed by atoms with Crippen LogP contribution in [0.3, 0.4) is 0 Å². The van der Waals surface area contributed by atoms with Gasteiger partial charge in [-0.05, 0) is 192 Å². The summed E-state index contributed by atoms with van der Waals surface area (Å²) in [6.45, 7) is 0. The molecule has 8 aromatic carbocycles. The van der Waals surface area contributed by atoms with Gasteiger partial charge in [-0.2, -0.15) is 35.4 Å². The fraction of sp³-hybridized carbons (Fsp3) is 0.0952. The van der Waals surface area contributed by atoms with E-state index in [9.17, 15) is 85.2 Å². The molecule has 4 aliphatic rings. The van der Waals surface area contributed by atoms with Crippen LogP contribution in [0.1, 0.15) is 47.9 Å². The van der Waals surface area contributed by atoms with Crippen LogP contribution in [0.25, 0.3) is 0 Å². The zero-order valence-electron chi connectivity index (χ0n) is 70.0. The highest BCUT2D eigenvalue weighted by Crippen LogP contribution is 2.38. The average molecular weight is 2100 g/mol. The summed E-state index contributed by atoms with van der Waals surface area (Å²) in [5.41, 5.74) is 8.95. The summed E-state index contributed by atoms with van der Waals surface area (Å²) in [7, 11) is -9.28. The SMILES string of the molecule is CNc1ccc(C2=NN(c3c(F)cc(NC(=O)NS(=O)(=O)c4ccc(Cl)s4)cc3F)C(=O)C2)cc1.CNc1ccc(C2=NN(c3ccc(NC(=O)NS(=O)(=O)c4ccc(Cl)s4)cc3)C(=O)C2)cc1.CNc1ccc(C2=NN(c3ccc(NC(=O)NS(=O)(=O)c4ccc(Cl)s4)cc3Cl)C(=O)C2)cc1.CNc1ccc(C2=NN(c3ccc(NC(=O)NS(=O)(=O)c4ccc(Cl)s4)cc3F)C(=O)C2)cc1. The number of hydrogen-bond acceptors (Lipinski definition) is 28. The molecule has 12 aromatic rings. The third kappa shape index (κ3) is 24.9. The minimum Gasteiger partial charge on any atom is -0.388 e. The molecule has 0 atom stereocenters. The Balaban J connectivity index is 0.000000153. The highest BCUT2D eigenvalue weighted by molar-refractivity contribution is 7.93. The molecule has 36 nitrogen and oxygen atoms in total. The number of halogens is 8. The molecule has 0 unspecified atom stereocenters. The first kappa shape index (κ1) is 99.9. The van der Waals surface area contributed by atoms with E-state index >= 15 is 0 Å². The molecule has 4 aromatic heterocycles. The van der Waals surface area contributed by atoms with Gasteiger partial charge in [0.05, 0.1) is 82.3 Å². The van der Waals surface area contributed by atoms with Crippen LogP contribution in [0.15, 0.2) is 256 Å². The summed E-state index contributed by atoms with van der Waals surface area (Å²) in [4.78, 5) is 98.5. The van der Waals surface area contributed by atoms with E-state index in [0.717, 1.165) is 108 Å². The lowest BCUT2D eigenvalue weighted by atomic mass is 10.1. The molecular weight excluding hydrogens is 2040 g/mol. The maximum atomic E-state index is 14.8. The third-order valence-corrected chi connectivity index (χ3v) is 31.5. The monoisotopic (exact) mass is 2100 g/mol. The van der Waals surface area contributed by atoms with Crippen molar-refractivity contribution in [3.05, 3.63) is 280 Å². The Bertz CT molecular complexity index is 7090. The molecular formula is C84H68Cl5F3N20O16S8. The van der Waals surface area contributed by atoms with Gasteiger partial charge in [0.15, 0.2) is 17.5 Å². The Morgan fingerprint density at radius 3 is 0.868 bits per heavy atom. The molecule has 704 valence electrons. The number of thiophene rings is 4. The third-order valence-electron chi connectivity index (χ3n) is 19.0. The Hall–Kier alpha value is -13.6. The molecule has 0 radical (unpaired) electrons. The second-order valence-corrected chi connectivity index (χ2v) is 43.1. The average Bonchev–Trinajstić information content (AvgIpc) is 1.60. The van der Waals surface area contributed by atoms with Crippen molar-refractivity contribution in [3.8, 4) is 0 Å². The summed E-state index contributed by atoms with van der Waals surface area (Å²) >= 11 is 32.5. The second kappa shape index (κ2) is 43.0. The van der Waals surface area contributed by atoms with E-state index < -0.39 is 99.2 Å². The summed E-state index contributed by atoms with van der Waals surface area (Å²) in [5, 5.41) is 42.6. The molecule has 8 heterocycles. The molecule has 0 bridgehead atoms. The van der Waals surface area contributed by atoms with Gasteiger partial charge >= 0.3 is 24.1 Å². The largest absolute Gasteiger partial charge is 0.388 e. The molecule has 0 saturated heterocycles. The summed E-state index contributed by atoms with van der Waals surface area (Å²) in [6.07, 6.45) is 0.129. The zero-order chi connectivity index (χ0) is 97.8. The van der Waals surface area contributed by atoms with Gasteiger partial charge in [-0.15, -0.1) is 45.3 Å². The van der Waals surface area contributed by atoms with Gasteiger partial charge < -0.3 is 42.5 Å². The zero-order valence-corrected chi connectivity index (χ0v) is 80.3. The van der Waals surface area contributed by atoms with Crippen LogP contribution in [0.5, 0.6) is 0 Å². The number of carbonyl (C=O) groups excluding carboxylic acids is 8. The lowest BCUT2D eigenvalue weighted by molar-refractivity contribution is -0.117. The predicted octanol–water partition coefficient (Wildman–Crippen LogP) is 17.4. The Morgan fingerprint density at radius 1 is 0.301 bits per heavy atom. The molecule has 0 aliphatic carbocycles. The van der Waals surface area contributed by atoms with Gasteiger partial charge in [0.1, 0.15) is 28.2 Å². The summed E-state index contributed by atoms with van der Waals surface area (Å²) in [6, 6.07) is 51.6. The Labute approximate surface area is 813 Å². The number of amides is 12. The molecule has 0 saturated carbocycles. The molecule has 0 fully saturated rings. The van der Waals surface area contributed by atoms with Gasteiger partial charge in [-0.3, -0.25) is 19.2 Å². The number of nitrogens with zero attached hydrogens (tertiary/aromatic N) is 8. The number of nitrogens with one attached hydrogen (secondary N) is 12. The topological polar surface area (TPSA) is 480 Å². The number of anilines is 12. The summed E-state index contributed by atoms with van der Waals surface area (Å²) in [5.74, 6) is -4.68. The Kier molecular flexibility index (Phi) is 31.6. The van der Waals surface area contributed by atoms with Crippen molar-refractivity contribution in [2.24, 2.45) is 20.4 Å². The van der Waals surface area contributed by atoms with E-state index in [1.165, 1.54) is 88.9 Å². The van der Waals surface area contributed by atoms with E-state index in [0.29, 0.717) is 54.8 Å². The van der Waals surface area contributed by atoms with Crippen LogP contribution in [0.2, 0.25) is 22.4 Å². The van der Waals surface area contributed by atoms with E-state index in [1.807, 2.05) is 106 Å². The van der Waals surface area contributed by atoms with Crippen molar-refractivity contribution in [1.82, 2.24) is 18.9 Å². The smallest absolute Gasteiger partial charge is 0.333 e. The molecule has 16 rings (SSSR count). The minimum absolute atomic E-state index is 0.00530. The first-order chi connectivity index (χ1) is 64.6. The van der Waals surface area contributed by atoms with Crippen LogP contribution in [-0.4, -0.2) is 132 Å². The van der Waals surface area contributed by atoms with Crippen molar-refractivity contribution in [3.63, 3.8) is 0 Å². The Morgan fingerprint density at radius 2 is 0.559 bits per heavy atom. The molecule has 136 heavy (non-hydrogen) atoms. The fourth-order valence-electron chi connectivity index (χ4n) is 12.6. The number of sulfonamides is 4. The minimum atomic E-state index is -4.23. The highest BCUT2D eigenvalue weighted by atomic mass is 35.5. The number of rotatable bonds is 24. The van der Waals surface area contributed by atoms with Gasteiger partial charge in [-0.1, -0.05) is 107 Å². The van der Waals surface area contributed by atoms with Crippen molar-refractivity contribution < 1.29 is 85.2 Å². The first-order valence-electron chi connectivity index (χ1n) is 38.9. The fourth-order valence-corrected chi connectivity index (χ4v) is 22.4. The number of urea groups is 4. The van der Waals surface area contributed by atoms with E-state index in [2.05, 4.69) is 57.6 Å². The lowest BCUT2D eigenvalue weighted by Gasteiger charge is -2.15. The first-order valence-corrected chi connectivity index (χ1v) is 50.0. The number of hydrogen-bond donors (Lipinski definition) is 12. The molecule has 12 N–H and O–H groups in total. The van der Waals surface area contributed by atoms with Crippen LogP contribution in [-0.2, 0) is 59.3 Å². The number of benzene rings is 8. The molecule has 52 heteroatoms. The van der Waals surface area contributed by atoms with Crippen LogP contribution >= 0.6 is 103 Å². The van der Waals surface area contributed by atoms with Gasteiger partial charge in [0.2, 0.25) is 0 Å². The quantitative estimate of drug-likeness (QED) is 0.0267. The van der Waals surface area contributed by atoms with Crippen molar-refractivity contribution in [1.29, 1.82) is 0 Å². The normalized spacial score (nSPS) is 13.6. The maximum absolute atomic E-state index is 14.8. The van der Waals surface area contributed by atoms with Crippen LogP contribution in [0, 0.1) is 17.5 Å². The highest BCUT2D eigenvalue weighted by Gasteiger charge is 2.35. The maximum Gasteiger partial charge on any atom is 0.333 e. The van der Waals surface area contributed by atoms with Crippen molar-refractivity contribution in [2.45, 2.75) is 42.5 Å². The molecule has 0 spiro atoms. The van der Waals surface area contributed by atoms with E-state index in [4.69, 9.17) is 58.0 Å². The standard InChI is InChI=1S/C21H17Cl2N5O4S2.C21H16ClF2N5O4S2.C21H17ClFN5O4S2.C21H18ClN5O4S2/c1-24-13-4-2-12(3-5-13)16-11-19(29)28(26-16)17-7-6-14(10-15(17)22)25-21(30)27-34(31,32)20-9-8-18(23)33-20;1-25-12-4-2-11(3-5-12)16-10-18(30)29(27-16)20-14(23)8-13(9-15(20)24)26-21(31)28-35(32,33)19-7-6-17(22)34-19;1-24-13-4-2-12(3-5-13)16-11-19(29)28(26-16)17-7-6-14(10-15(17)23)25-21(30)27-34(31,32)20-9-8-18(22)33-20;1-23-14-4-2-13(3-5-14)17-12-19(28)27(25-17)16-8-6-15(7-9-16)24-21(29)26-33(30,31)20-11-10-18(22)32-20/h2-10,24H,11H2,1H3,(H2,25,27,30);2-9,25H,10H2,1H3,(H2,26,28,31);2-10,24H,11H2,1H3,(H2,25,27,30);2-11,23H,12H2,1H3,(H2,24,26,29). The molecule has 4 aliphatic heterocycles. The van der Waals surface area contributed by atoms with Crippen molar-refractivity contribution in [2.75, 3.05) is 90.8 Å². The van der Waals surface area contributed by atoms with Crippen molar-refractivity contribution >= 4 is 282 Å². The predicted molar refractivity (Wildman–Crippen MR) is 524 cm³/mol. The second-order valence-electron chi connectivity index (χ2n) is 28.2. The molecule has 12 amide bonds. The summed E-state index contributed by atoms with van der Waals surface area (Å²) < 4.78 is 150. The van der Waals surface area contributed by atoms with Gasteiger partial charge in [0, 0.05) is 73.7 Å². The van der Waals surface area contributed by atoms with Crippen LogP contribution < -0.4 is 81.5 Å². The van der Waals surface area contributed by atoms with Gasteiger partial charge in [0.25, 0.3) is 63.7 Å². The van der Waals surface area contributed by atoms with Gasteiger partial charge in [-0.25, -0.2) is 89.9 Å². The van der Waals surface area contributed by atoms with E-state index in [1.54, 1.807) is 67.3 Å². The number of hydrazone groups is 4.